The first-order chi connectivity index (χ1) is 10.9. The predicted octanol–water partition coefficient (Wildman–Crippen LogP) is 2.85. The van der Waals surface area contributed by atoms with Crippen molar-refractivity contribution in [3.8, 4) is 0 Å². The van der Waals surface area contributed by atoms with Gasteiger partial charge in [0.25, 0.3) is 0 Å². The van der Waals surface area contributed by atoms with Crippen LogP contribution in [0.15, 0.2) is 0 Å². The van der Waals surface area contributed by atoms with Crippen molar-refractivity contribution < 1.29 is 9.53 Å². The lowest BCUT2D eigenvalue weighted by Crippen LogP contribution is -2.46. The molecule has 1 amide bonds. The Balaban J connectivity index is 1.74. The van der Waals surface area contributed by atoms with Gasteiger partial charge < -0.3 is 19.9 Å². The molecule has 1 atom stereocenters. The monoisotopic (exact) mass is 325 g/mol. The van der Waals surface area contributed by atoms with E-state index in [9.17, 15) is 4.79 Å². The van der Waals surface area contributed by atoms with E-state index in [1.54, 1.807) is 0 Å². The molecule has 2 rings (SSSR count). The molecule has 134 valence electrons. The Morgan fingerprint density at radius 2 is 1.65 bits per heavy atom. The van der Waals surface area contributed by atoms with Gasteiger partial charge in [-0.15, -0.1) is 0 Å². The molecule has 0 spiro atoms. The summed E-state index contributed by atoms with van der Waals surface area (Å²) in [6.45, 7) is 13.2. The second-order valence-electron chi connectivity index (χ2n) is 7.97. The first-order valence-corrected chi connectivity index (χ1v) is 9.33. The minimum Gasteiger partial charge on any atom is -0.444 e. The molecule has 0 saturated carbocycles. The number of ether oxygens (including phenoxy) is 1. The molecule has 0 bridgehead atoms. The standard InChI is InChI=1S/C18H35N3O2/c1-5-20-12-8-16(9-13-20)19-15-7-6-11-21(14-10-15)17(22)23-18(2,3)4/h15-16,19H,5-14H2,1-4H3. The Kier molecular flexibility index (Phi) is 6.72. The van der Waals surface area contributed by atoms with Crippen molar-refractivity contribution in [2.75, 3.05) is 32.7 Å². The van der Waals surface area contributed by atoms with Gasteiger partial charge in [0.2, 0.25) is 0 Å². The SMILES string of the molecule is CCN1CCC(NC2CCCN(C(=O)OC(C)(C)C)CC2)CC1. The number of nitrogens with one attached hydrogen (secondary N) is 1. The molecular formula is C18H35N3O2. The van der Waals surface area contributed by atoms with Gasteiger partial charge in [-0.3, -0.25) is 0 Å². The molecule has 0 aromatic heterocycles. The van der Waals surface area contributed by atoms with E-state index in [2.05, 4.69) is 17.1 Å². The molecule has 1 unspecified atom stereocenters. The normalized spacial score (nSPS) is 25.2. The number of nitrogens with zero attached hydrogens (tertiary/aromatic N) is 2. The molecule has 1 N–H and O–H groups in total. The van der Waals surface area contributed by atoms with Crippen molar-refractivity contribution in [2.24, 2.45) is 0 Å². The van der Waals surface area contributed by atoms with Crippen molar-refractivity contribution in [2.45, 2.75) is 77.5 Å². The van der Waals surface area contributed by atoms with Gasteiger partial charge in [0.1, 0.15) is 5.60 Å². The zero-order valence-corrected chi connectivity index (χ0v) is 15.4. The van der Waals surface area contributed by atoms with Gasteiger partial charge >= 0.3 is 6.09 Å². The molecular weight excluding hydrogens is 290 g/mol. The highest BCUT2D eigenvalue weighted by atomic mass is 16.6. The third-order valence-corrected chi connectivity index (χ3v) is 4.89. The van der Waals surface area contributed by atoms with Crippen LogP contribution in [0.5, 0.6) is 0 Å². The van der Waals surface area contributed by atoms with Gasteiger partial charge in [0, 0.05) is 25.2 Å². The Labute approximate surface area is 141 Å². The van der Waals surface area contributed by atoms with Crippen LogP contribution in [0.4, 0.5) is 4.79 Å². The Bertz CT molecular complexity index is 373. The van der Waals surface area contributed by atoms with Crippen LogP contribution in [0.2, 0.25) is 0 Å². The summed E-state index contributed by atoms with van der Waals surface area (Å²) in [5, 5.41) is 3.84. The van der Waals surface area contributed by atoms with Crippen LogP contribution in [0.3, 0.4) is 0 Å². The topological polar surface area (TPSA) is 44.8 Å². The van der Waals surface area contributed by atoms with Crippen molar-refractivity contribution in [3.05, 3.63) is 0 Å². The van der Waals surface area contributed by atoms with E-state index >= 15 is 0 Å². The summed E-state index contributed by atoms with van der Waals surface area (Å²) in [7, 11) is 0. The van der Waals surface area contributed by atoms with E-state index in [-0.39, 0.29) is 6.09 Å². The highest BCUT2D eigenvalue weighted by molar-refractivity contribution is 5.68. The molecule has 2 saturated heterocycles. The molecule has 2 fully saturated rings. The Morgan fingerprint density at radius 1 is 1.04 bits per heavy atom. The zero-order valence-electron chi connectivity index (χ0n) is 15.4. The molecule has 5 nitrogen and oxygen atoms in total. The molecule has 0 aromatic rings. The highest BCUT2D eigenvalue weighted by Crippen LogP contribution is 2.18. The zero-order chi connectivity index (χ0) is 16.9. The van der Waals surface area contributed by atoms with Crippen LogP contribution in [0.1, 0.15) is 59.8 Å². The fraction of sp³-hybridized carbons (Fsp3) is 0.944. The van der Waals surface area contributed by atoms with Crippen LogP contribution < -0.4 is 5.32 Å². The molecule has 2 heterocycles. The molecule has 2 aliphatic heterocycles. The lowest BCUT2D eigenvalue weighted by atomic mass is 10.0. The summed E-state index contributed by atoms with van der Waals surface area (Å²) in [4.78, 5) is 16.6. The summed E-state index contributed by atoms with van der Waals surface area (Å²) < 4.78 is 5.50. The molecule has 2 aliphatic rings. The van der Waals surface area contributed by atoms with E-state index in [0.717, 1.165) is 32.4 Å². The van der Waals surface area contributed by atoms with Gasteiger partial charge in [0.05, 0.1) is 0 Å². The lowest BCUT2D eigenvalue weighted by Gasteiger charge is -2.34. The predicted molar refractivity (Wildman–Crippen MR) is 93.7 cm³/mol. The number of rotatable bonds is 3. The van der Waals surface area contributed by atoms with Crippen LogP contribution in [-0.4, -0.2) is 66.3 Å². The summed E-state index contributed by atoms with van der Waals surface area (Å²) >= 11 is 0. The fourth-order valence-electron chi connectivity index (χ4n) is 3.52. The van der Waals surface area contributed by atoms with E-state index in [1.807, 2.05) is 25.7 Å². The second-order valence-corrected chi connectivity index (χ2v) is 7.97. The van der Waals surface area contributed by atoms with Crippen LogP contribution in [0.25, 0.3) is 0 Å². The molecule has 0 aromatic carbocycles. The minimum atomic E-state index is -0.408. The number of piperidine rings is 1. The molecule has 23 heavy (non-hydrogen) atoms. The number of carbonyl (C=O) groups is 1. The third-order valence-electron chi connectivity index (χ3n) is 4.89. The molecule has 0 radical (unpaired) electrons. The van der Waals surface area contributed by atoms with E-state index in [4.69, 9.17) is 4.74 Å². The van der Waals surface area contributed by atoms with E-state index in [0.29, 0.717) is 12.1 Å². The summed E-state index contributed by atoms with van der Waals surface area (Å²) in [6.07, 6.45) is 5.60. The van der Waals surface area contributed by atoms with Gasteiger partial charge in [-0.1, -0.05) is 6.92 Å². The fourth-order valence-corrected chi connectivity index (χ4v) is 3.52. The van der Waals surface area contributed by atoms with Gasteiger partial charge in [-0.2, -0.15) is 0 Å². The number of hydrogen-bond acceptors (Lipinski definition) is 4. The number of likely N-dealkylation sites (tertiary alicyclic amines) is 2. The average Bonchev–Trinajstić information content (AvgIpc) is 2.72. The van der Waals surface area contributed by atoms with Crippen molar-refractivity contribution in [1.29, 1.82) is 0 Å². The summed E-state index contributed by atoms with van der Waals surface area (Å²) in [5.74, 6) is 0. The van der Waals surface area contributed by atoms with E-state index < -0.39 is 5.60 Å². The first kappa shape index (κ1) is 18.5. The number of carbonyl (C=O) groups excluding carboxylic acids is 1. The number of amides is 1. The minimum absolute atomic E-state index is 0.158. The quantitative estimate of drug-likeness (QED) is 0.866. The Morgan fingerprint density at radius 3 is 2.26 bits per heavy atom. The summed E-state index contributed by atoms with van der Waals surface area (Å²) in [6, 6.07) is 1.19. The van der Waals surface area contributed by atoms with Crippen LogP contribution in [0, 0.1) is 0 Å². The average molecular weight is 325 g/mol. The Hall–Kier alpha value is -0.810. The number of hydrogen-bond donors (Lipinski definition) is 1. The highest BCUT2D eigenvalue weighted by Gasteiger charge is 2.27. The maximum Gasteiger partial charge on any atom is 0.410 e. The van der Waals surface area contributed by atoms with E-state index in [1.165, 1.54) is 32.5 Å². The van der Waals surface area contributed by atoms with Gasteiger partial charge in [0.15, 0.2) is 0 Å². The van der Waals surface area contributed by atoms with Crippen molar-refractivity contribution in [3.63, 3.8) is 0 Å². The van der Waals surface area contributed by atoms with Crippen LogP contribution >= 0.6 is 0 Å². The van der Waals surface area contributed by atoms with Gasteiger partial charge in [-0.05, 0) is 72.5 Å². The molecule has 5 heteroatoms. The van der Waals surface area contributed by atoms with Gasteiger partial charge in [-0.25, -0.2) is 4.79 Å². The van der Waals surface area contributed by atoms with Crippen LogP contribution in [-0.2, 0) is 4.74 Å². The lowest BCUT2D eigenvalue weighted by molar-refractivity contribution is 0.0256. The second kappa shape index (κ2) is 8.34. The van der Waals surface area contributed by atoms with Crippen molar-refractivity contribution >= 4 is 6.09 Å². The maximum absolute atomic E-state index is 12.2. The smallest absolute Gasteiger partial charge is 0.410 e. The first-order valence-electron chi connectivity index (χ1n) is 9.33. The molecule has 0 aliphatic carbocycles. The van der Waals surface area contributed by atoms with Crippen molar-refractivity contribution in [1.82, 2.24) is 15.1 Å². The summed E-state index contributed by atoms with van der Waals surface area (Å²) in [5.41, 5.74) is -0.408. The third kappa shape index (κ3) is 6.30. The largest absolute Gasteiger partial charge is 0.444 e. The maximum atomic E-state index is 12.2.